The van der Waals surface area contributed by atoms with E-state index in [1.54, 1.807) is 17.0 Å². The first kappa shape index (κ1) is 23.4. The normalized spacial score (nSPS) is 14.2. The standard InChI is InChI=1S/C24H32N4O4/c1-6-18-16-20(31-22(29)26-19-10-8-7-9-11-19)21(25-17(18)2)27-12-14-28(15-13-27)23(30)32-24(3,4)5/h7-11,16H,6,12-15H2,1-5H3,(H,26,29). The molecule has 0 radical (unpaired) electrons. The Labute approximate surface area is 189 Å². The van der Waals surface area contributed by atoms with E-state index >= 15 is 0 Å². The van der Waals surface area contributed by atoms with Gasteiger partial charge in [0.05, 0.1) is 0 Å². The zero-order valence-corrected chi connectivity index (χ0v) is 19.5. The fraction of sp³-hybridized carbons (Fsp3) is 0.458. The van der Waals surface area contributed by atoms with E-state index in [2.05, 4.69) is 5.32 Å². The molecule has 3 rings (SSSR count). The van der Waals surface area contributed by atoms with Crippen LogP contribution in [0.3, 0.4) is 0 Å². The number of nitrogens with zero attached hydrogens (tertiary/aromatic N) is 3. The number of nitrogens with one attached hydrogen (secondary N) is 1. The highest BCUT2D eigenvalue weighted by Gasteiger charge is 2.28. The van der Waals surface area contributed by atoms with E-state index in [0.717, 1.165) is 17.7 Å². The van der Waals surface area contributed by atoms with Gasteiger partial charge in [-0.15, -0.1) is 0 Å². The van der Waals surface area contributed by atoms with E-state index < -0.39 is 11.7 Å². The van der Waals surface area contributed by atoms with Crippen molar-refractivity contribution in [2.24, 2.45) is 0 Å². The van der Waals surface area contributed by atoms with Crippen LogP contribution in [0.2, 0.25) is 0 Å². The van der Waals surface area contributed by atoms with Crippen LogP contribution in [0.1, 0.15) is 39.0 Å². The second-order valence-corrected chi connectivity index (χ2v) is 8.74. The van der Waals surface area contributed by atoms with E-state index in [4.69, 9.17) is 14.5 Å². The van der Waals surface area contributed by atoms with Gasteiger partial charge in [-0.2, -0.15) is 0 Å². The second-order valence-electron chi connectivity index (χ2n) is 8.74. The van der Waals surface area contributed by atoms with E-state index in [0.29, 0.717) is 43.4 Å². The number of carbonyl (C=O) groups excluding carboxylic acids is 2. The molecule has 0 unspecified atom stereocenters. The van der Waals surface area contributed by atoms with Gasteiger partial charge in [0, 0.05) is 37.6 Å². The summed E-state index contributed by atoms with van der Waals surface area (Å²) >= 11 is 0. The number of amides is 2. The van der Waals surface area contributed by atoms with Gasteiger partial charge in [-0.1, -0.05) is 25.1 Å². The topological polar surface area (TPSA) is 84.0 Å². The summed E-state index contributed by atoms with van der Waals surface area (Å²) in [5.41, 5.74) is 2.04. The predicted octanol–water partition coefficient (Wildman–Crippen LogP) is 4.62. The molecule has 2 heterocycles. The molecule has 0 bridgehead atoms. The third-order valence-electron chi connectivity index (χ3n) is 5.10. The molecule has 0 atom stereocenters. The van der Waals surface area contributed by atoms with E-state index in [1.165, 1.54) is 0 Å². The first-order valence-corrected chi connectivity index (χ1v) is 10.9. The average Bonchev–Trinajstić information content (AvgIpc) is 2.74. The number of aryl methyl sites for hydroxylation is 2. The molecule has 1 aliphatic rings. The van der Waals surface area contributed by atoms with Crippen LogP contribution in [0.25, 0.3) is 0 Å². The molecule has 2 aromatic rings. The third-order valence-corrected chi connectivity index (χ3v) is 5.10. The van der Waals surface area contributed by atoms with Crippen molar-refractivity contribution in [3.05, 3.63) is 47.7 Å². The minimum Gasteiger partial charge on any atom is -0.444 e. The van der Waals surface area contributed by atoms with Crippen molar-refractivity contribution in [2.75, 3.05) is 36.4 Å². The Bertz CT molecular complexity index is 948. The van der Waals surface area contributed by atoms with Gasteiger partial charge >= 0.3 is 12.2 Å². The van der Waals surface area contributed by atoms with Crippen LogP contribution in [0.15, 0.2) is 36.4 Å². The van der Waals surface area contributed by atoms with Gasteiger partial charge in [0.1, 0.15) is 5.60 Å². The van der Waals surface area contributed by atoms with Gasteiger partial charge < -0.3 is 19.3 Å². The fourth-order valence-electron chi connectivity index (χ4n) is 3.46. The molecule has 0 saturated carbocycles. The lowest BCUT2D eigenvalue weighted by molar-refractivity contribution is 0.0240. The number of ether oxygens (including phenoxy) is 2. The summed E-state index contributed by atoms with van der Waals surface area (Å²) in [4.78, 5) is 33.4. The van der Waals surface area contributed by atoms with Crippen LogP contribution in [0.4, 0.5) is 21.1 Å². The van der Waals surface area contributed by atoms with Crippen molar-refractivity contribution < 1.29 is 19.1 Å². The van der Waals surface area contributed by atoms with Crippen molar-refractivity contribution in [3.63, 3.8) is 0 Å². The van der Waals surface area contributed by atoms with E-state index in [-0.39, 0.29) is 6.09 Å². The molecule has 8 nitrogen and oxygen atoms in total. The number of piperazine rings is 1. The molecule has 0 spiro atoms. The maximum absolute atomic E-state index is 12.5. The Balaban J connectivity index is 1.74. The number of benzene rings is 1. The average molecular weight is 441 g/mol. The number of hydrogen-bond donors (Lipinski definition) is 1. The van der Waals surface area contributed by atoms with Gasteiger partial charge in [-0.05, 0) is 57.9 Å². The summed E-state index contributed by atoms with van der Waals surface area (Å²) in [5, 5.41) is 2.74. The van der Waals surface area contributed by atoms with Gasteiger partial charge in [-0.3, -0.25) is 5.32 Å². The Hall–Kier alpha value is -3.29. The molecular formula is C24H32N4O4. The molecule has 1 fully saturated rings. The Morgan fingerprint density at radius 1 is 1.09 bits per heavy atom. The minimum atomic E-state index is -0.572. The quantitative estimate of drug-likeness (QED) is 0.747. The lowest BCUT2D eigenvalue weighted by Crippen LogP contribution is -2.50. The Morgan fingerprint density at radius 2 is 1.75 bits per heavy atom. The third kappa shape index (κ3) is 6.12. The second kappa shape index (κ2) is 9.89. The predicted molar refractivity (Wildman–Crippen MR) is 124 cm³/mol. The zero-order valence-electron chi connectivity index (χ0n) is 19.5. The van der Waals surface area contributed by atoms with Crippen LogP contribution in [-0.2, 0) is 11.2 Å². The van der Waals surface area contributed by atoms with Gasteiger partial charge in [-0.25, -0.2) is 14.6 Å². The number of aromatic nitrogens is 1. The van der Waals surface area contributed by atoms with Crippen molar-refractivity contribution >= 4 is 23.7 Å². The molecule has 1 aromatic carbocycles. The van der Waals surface area contributed by atoms with Crippen LogP contribution < -0.4 is 15.0 Å². The summed E-state index contributed by atoms with van der Waals surface area (Å²) in [7, 11) is 0. The summed E-state index contributed by atoms with van der Waals surface area (Å²) in [5.74, 6) is 1.01. The van der Waals surface area contributed by atoms with Crippen molar-refractivity contribution in [3.8, 4) is 5.75 Å². The summed E-state index contributed by atoms with van der Waals surface area (Å²) in [6.07, 6.45) is -0.110. The van der Waals surface area contributed by atoms with Crippen LogP contribution in [0.5, 0.6) is 5.75 Å². The Morgan fingerprint density at radius 3 is 2.34 bits per heavy atom. The number of carbonyl (C=O) groups is 2. The SMILES string of the molecule is CCc1cc(OC(=O)Nc2ccccc2)c(N2CCN(C(=O)OC(C)(C)C)CC2)nc1C. The van der Waals surface area contributed by atoms with Gasteiger partial charge in [0.2, 0.25) is 0 Å². The molecule has 0 aliphatic carbocycles. The molecule has 2 amide bonds. The minimum absolute atomic E-state index is 0.318. The van der Waals surface area contributed by atoms with Crippen LogP contribution in [-0.4, -0.2) is 53.9 Å². The number of para-hydroxylation sites is 1. The lowest BCUT2D eigenvalue weighted by atomic mass is 10.1. The zero-order chi connectivity index (χ0) is 23.3. The van der Waals surface area contributed by atoms with Crippen molar-refractivity contribution in [1.82, 2.24) is 9.88 Å². The molecule has 1 aliphatic heterocycles. The number of anilines is 2. The lowest BCUT2D eigenvalue weighted by Gasteiger charge is -2.36. The van der Waals surface area contributed by atoms with E-state index in [1.807, 2.05) is 63.8 Å². The first-order valence-electron chi connectivity index (χ1n) is 10.9. The fourth-order valence-corrected chi connectivity index (χ4v) is 3.46. The Kier molecular flexibility index (Phi) is 7.22. The molecule has 1 N–H and O–H groups in total. The van der Waals surface area contributed by atoms with Gasteiger partial charge in [0.15, 0.2) is 11.6 Å². The highest BCUT2D eigenvalue weighted by atomic mass is 16.6. The smallest absolute Gasteiger partial charge is 0.417 e. The maximum Gasteiger partial charge on any atom is 0.417 e. The van der Waals surface area contributed by atoms with Crippen LogP contribution in [0, 0.1) is 6.92 Å². The molecule has 1 saturated heterocycles. The summed E-state index contributed by atoms with van der Waals surface area (Å²) in [6, 6.07) is 11.0. The molecule has 1 aromatic heterocycles. The van der Waals surface area contributed by atoms with Crippen LogP contribution >= 0.6 is 0 Å². The molecule has 8 heteroatoms. The van der Waals surface area contributed by atoms with E-state index in [9.17, 15) is 9.59 Å². The highest BCUT2D eigenvalue weighted by Crippen LogP contribution is 2.30. The number of hydrogen-bond acceptors (Lipinski definition) is 6. The van der Waals surface area contributed by atoms with Crippen molar-refractivity contribution in [1.29, 1.82) is 0 Å². The largest absolute Gasteiger partial charge is 0.444 e. The van der Waals surface area contributed by atoms with Gasteiger partial charge in [0.25, 0.3) is 0 Å². The monoisotopic (exact) mass is 440 g/mol. The maximum atomic E-state index is 12.5. The molecule has 172 valence electrons. The summed E-state index contributed by atoms with van der Waals surface area (Å²) in [6.45, 7) is 11.7. The van der Waals surface area contributed by atoms with Crippen molar-refractivity contribution in [2.45, 2.75) is 46.6 Å². The number of pyridine rings is 1. The highest BCUT2D eigenvalue weighted by molar-refractivity contribution is 5.87. The first-order chi connectivity index (χ1) is 15.2. The molecular weight excluding hydrogens is 408 g/mol. The number of rotatable bonds is 4. The summed E-state index contributed by atoms with van der Waals surface area (Å²) < 4.78 is 11.2. The molecule has 32 heavy (non-hydrogen) atoms.